The summed E-state index contributed by atoms with van der Waals surface area (Å²) in [5.41, 5.74) is 16.6. The summed E-state index contributed by atoms with van der Waals surface area (Å²) < 4.78 is 0. The number of fused-ring (bicyclic) bond motifs is 5. The van der Waals surface area contributed by atoms with Gasteiger partial charge >= 0.3 is 0 Å². The van der Waals surface area contributed by atoms with Crippen LogP contribution in [0.25, 0.3) is 27.8 Å². The highest BCUT2D eigenvalue weighted by Crippen LogP contribution is 2.53. The van der Waals surface area contributed by atoms with Gasteiger partial charge < -0.3 is 0 Å². The van der Waals surface area contributed by atoms with Gasteiger partial charge in [0.25, 0.3) is 0 Å². The minimum atomic E-state index is 0.253. The molecule has 0 saturated heterocycles. The summed E-state index contributed by atoms with van der Waals surface area (Å²) in [6.07, 6.45) is 10.4. The first-order valence-electron chi connectivity index (χ1n) is 14.8. The fourth-order valence-electron chi connectivity index (χ4n) is 7.54. The van der Waals surface area contributed by atoms with E-state index in [1.807, 2.05) is 0 Å². The van der Waals surface area contributed by atoms with Gasteiger partial charge in [-0.2, -0.15) is 0 Å². The maximum Gasteiger partial charge on any atom is 0.0205 e. The van der Waals surface area contributed by atoms with Crippen molar-refractivity contribution in [3.05, 3.63) is 185 Å². The van der Waals surface area contributed by atoms with E-state index in [0.717, 1.165) is 6.42 Å². The Morgan fingerprint density at radius 1 is 0.537 bits per heavy atom. The Balaban J connectivity index is 1.33. The van der Waals surface area contributed by atoms with Crippen molar-refractivity contribution in [1.82, 2.24) is 0 Å². The lowest BCUT2D eigenvalue weighted by Crippen LogP contribution is -2.24. The summed E-state index contributed by atoms with van der Waals surface area (Å²) >= 11 is 0. The van der Waals surface area contributed by atoms with Gasteiger partial charge in [0.15, 0.2) is 0 Å². The minimum absolute atomic E-state index is 0.253. The molecule has 0 spiro atoms. The highest BCUT2D eigenvalue weighted by Gasteiger charge is 2.38. The minimum Gasteiger partial charge on any atom is -0.0760 e. The molecule has 0 aromatic heterocycles. The molecule has 3 aliphatic rings. The van der Waals surface area contributed by atoms with Crippen LogP contribution in [0.2, 0.25) is 0 Å². The van der Waals surface area contributed by atoms with E-state index >= 15 is 0 Å². The van der Waals surface area contributed by atoms with E-state index in [1.165, 1.54) is 66.8 Å². The molecular weight excluding hydrogens is 492 g/mol. The normalized spacial score (nSPS) is 20.2. The first-order valence-corrected chi connectivity index (χ1v) is 14.8. The second-order valence-electron chi connectivity index (χ2n) is 11.7. The van der Waals surface area contributed by atoms with E-state index in [0.29, 0.717) is 5.92 Å². The third-order valence-electron chi connectivity index (χ3n) is 9.37. The summed E-state index contributed by atoms with van der Waals surface area (Å²) in [6, 6.07) is 45.1. The molecule has 0 amide bonds. The summed E-state index contributed by atoms with van der Waals surface area (Å²) in [4.78, 5) is 0. The zero-order valence-electron chi connectivity index (χ0n) is 23.3. The van der Waals surface area contributed by atoms with Crippen LogP contribution in [-0.4, -0.2) is 0 Å². The molecule has 0 fully saturated rings. The van der Waals surface area contributed by atoms with Crippen LogP contribution in [0.5, 0.6) is 0 Å². The molecular formula is C41H32. The highest BCUT2D eigenvalue weighted by molar-refractivity contribution is 5.90. The third kappa shape index (κ3) is 3.90. The molecule has 0 heterocycles. The van der Waals surface area contributed by atoms with Crippen molar-refractivity contribution in [2.24, 2.45) is 5.92 Å². The van der Waals surface area contributed by atoms with E-state index < -0.39 is 0 Å². The topological polar surface area (TPSA) is 0 Å². The maximum atomic E-state index is 2.44. The maximum absolute atomic E-state index is 2.44. The third-order valence-corrected chi connectivity index (χ3v) is 9.37. The van der Waals surface area contributed by atoms with E-state index in [9.17, 15) is 0 Å². The molecule has 3 atom stereocenters. The van der Waals surface area contributed by atoms with Crippen molar-refractivity contribution in [2.75, 3.05) is 0 Å². The summed E-state index contributed by atoms with van der Waals surface area (Å²) in [6.45, 7) is 2.39. The number of hydrogen-bond acceptors (Lipinski definition) is 0. The SMILES string of the molecule is CC1Cc2ccccc2-c2c1cccc2C1c2ccccc2C(c2ccc(-c3ccccc3)cc2)=C2C=CC=CC21. The summed E-state index contributed by atoms with van der Waals surface area (Å²) in [7, 11) is 0. The molecule has 0 heteroatoms. The Hall–Kier alpha value is -4.68. The molecule has 41 heavy (non-hydrogen) atoms. The smallest absolute Gasteiger partial charge is 0.0205 e. The van der Waals surface area contributed by atoms with Gasteiger partial charge in [-0.15, -0.1) is 0 Å². The highest BCUT2D eigenvalue weighted by atomic mass is 14.4. The number of benzene rings is 5. The van der Waals surface area contributed by atoms with Crippen LogP contribution in [0.15, 0.2) is 151 Å². The molecule has 0 N–H and O–H groups in total. The van der Waals surface area contributed by atoms with Crippen molar-refractivity contribution in [3.63, 3.8) is 0 Å². The molecule has 3 aliphatic carbocycles. The number of rotatable bonds is 3. The molecule has 0 aliphatic heterocycles. The lowest BCUT2D eigenvalue weighted by Gasteiger charge is -2.39. The van der Waals surface area contributed by atoms with Crippen LogP contribution in [0.3, 0.4) is 0 Å². The van der Waals surface area contributed by atoms with Gasteiger partial charge in [-0.3, -0.25) is 0 Å². The van der Waals surface area contributed by atoms with Crippen LogP contribution in [0, 0.1) is 5.92 Å². The molecule has 0 bridgehead atoms. The zero-order chi connectivity index (χ0) is 27.3. The van der Waals surface area contributed by atoms with E-state index in [1.54, 1.807) is 0 Å². The van der Waals surface area contributed by atoms with Crippen molar-refractivity contribution in [1.29, 1.82) is 0 Å². The lowest BCUT2D eigenvalue weighted by atomic mass is 9.64. The standard InChI is InChI=1S/C41H32/c1-27-26-31-14-5-6-15-33(31)40-32(27)20-11-21-38(40)41-36-18-9-7-16-34(36)39(35-17-8-10-19-37(35)41)30-24-22-29(23-25-30)28-12-3-2-4-13-28/h2-25,27,36,41H,26H2,1H3. The van der Waals surface area contributed by atoms with Gasteiger partial charge in [0, 0.05) is 11.8 Å². The molecule has 8 rings (SSSR count). The Morgan fingerprint density at radius 3 is 2.05 bits per heavy atom. The fraction of sp³-hybridized carbons (Fsp3) is 0.122. The van der Waals surface area contributed by atoms with Gasteiger partial charge in [-0.25, -0.2) is 0 Å². The van der Waals surface area contributed by atoms with Crippen molar-refractivity contribution < 1.29 is 0 Å². The molecule has 0 radical (unpaired) electrons. The fourth-order valence-corrected chi connectivity index (χ4v) is 7.54. The van der Waals surface area contributed by atoms with Gasteiger partial charge in [0.1, 0.15) is 0 Å². The molecule has 5 aromatic rings. The van der Waals surface area contributed by atoms with E-state index in [4.69, 9.17) is 0 Å². The molecule has 0 saturated carbocycles. The Kier molecular flexibility index (Phi) is 5.74. The van der Waals surface area contributed by atoms with Gasteiger partial charge in [-0.05, 0) is 79.1 Å². The second-order valence-corrected chi connectivity index (χ2v) is 11.7. The van der Waals surface area contributed by atoms with E-state index in [-0.39, 0.29) is 11.8 Å². The average molecular weight is 525 g/mol. The van der Waals surface area contributed by atoms with Crippen molar-refractivity contribution >= 4 is 5.57 Å². The van der Waals surface area contributed by atoms with Crippen LogP contribution in [0.4, 0.5) is 0 Å². The van der Waals surface area contributed by atoms with Crippen molar-refractivity contribution in [2.45, 2.75) is 25.2 Å². The quantitative estimate of drug-likeness (QED) is 0.220. The Morgan fingerprint density at radius 2 is 1.20 bits per heavy atom. The summed E-state index contributed by atoms with van der Waals surface area (Å²) in [5.74, 6) is 1.03. The Labute approximate surface area is 243 Å². The zero-order valence-corrected chi connectivity index (χ0v) is 23.3. The molecule has 3 unspecified atom stereocenters. The largest absolute Gasteiger partial charge is 0.0760 e. The predicted molar refractivity (Wildman–Crippen MR) is 172 cm³/mol. The molecule has 5 aromatic carbocycles. The monoisotopic (exact) mass is 524 g/mol. The van der Waals surface area contributed by atoms with Gasteiger partial charge in [0.2, 0.25) is 0 Å². The van der Waals surface area contributed by atoms with E-state index in [2.05, 4.69) is 153 Å². The molecule has 0 nitrogen and oxygen atoms in total. The van der Waals surface area contributed by atoms with Gasteiger partial charge in [-0.1, -0.05) is 153 Å². The van der Waals surface area contributed by atoms with Crippen LogP contribution in [-0.2, 0) is 6.42 Å². The van der Waals surface area contributed by atoms with Crippen LogP contribution < -0.4 is 0 Å². The molecule has 196 valence electrons. The predicted octanol–water partition coefficient (Wildman–Crippen LogP) is 10.4. The first-order chi connectivity index (χ1) is 20.3. The second kappa shape index (κ2) is 9.75. The summed E-state index contributed by atoms with van der Waals surface area (Å²) in [5, 5.41) is 0. The first kappa shape index (κ1) is 24.1. The van der Waals surface area contributed by atoms with Crippen LogP contribution in [0.1, 0.15) is 52.1 Å². The lowest BCUT2D eigenvalue weighted by molar-refractivity contribution is 0.645. The van der Waals surface area contributed by atoms with Gasteiger partial charge in [0.05, 0.1) is 0 Å². The van der Waals surface area contributed by atoms with Crippen molar-refractivity contribution in [3.8, 4) is 22.3 Å². The van der Waals surface area contributed by atoms with Crippen LogP contribution >= 0.6 is 0 Å². The number of allylic oxidation sites excluding steroid dienone is 5. The number of hydrogen-bond donors (Lipinski definition) is 0. The average Bonchev–Trinajstić information content (AvgIpc) is 3.04. The Bertz CT molecular complexity index is 1860.